The number of nitrogens with zero attached hydrogens (tertiary/aromatic N) is 2. The van der Waals surface area contributed by atoms with Crippen molar-refractivity contribution in [2.45, 2.75) is 19.8 Å². The van der Waals surface area contributed by atoms with E-state index in [0.717, 1.165) is 25.1 Å². The van der Waals surface area contributed by atoms with Crippen LogP contribution in [0.25, 0.3) is 0 Å². The first kappa shape index (κ1) is 16.1. The highest BCUT2D eigenvalue weighted by Crippen LogP contribution is 2.05. The van der Waals surface area contributed by atoms with Gasteiger partial charge in [-0.2, -0.15) is 0 Å². The summed E-state index contributed by atoms with van der Waals surface area (Å²) in [5, 5.41) is 6.37. The molecule has 0 unspecified atom stereocenters. The number of hydrogen-bond acceptors (Lipinski definition) is 3. The second-order valence-corrected chi connectivity index (χ2v) is 4.67. The summed E-state index contributed by atoms with van der Waals surface area (Å²) in [4.78, 5) is 8.35. The Bertz CT molecular complexity index is 484. The lowest BCUT2D eigenvalue weighted by atomic mass is 10.1. The topological polar surface area (TPSA) is 75.3 Å². The molecule has 108 valence electrons. The van der Waals surface area contributed by atoms with E-state index >= 15 is 0 Å². The summed E-state index contributed by atoms with van der Waals surface area (Å²) >= 11 is 5.11. The summed E-state index contributed by atoms with van der Waals surface area (Å²) in [5.41, 5.74) is 7.97. The Morgan fingerprint density at radius 3 is 3.10 bits per heavy atom. The molecule has 0 bridgehead atoms. The maximum Gasteiger partial charge on any atom is 0.195 e. The van der Waals surface area contributed by atoms with Gasteiger partial charge in [0.2, 0.25) is 0 Å². The Labute approximate surface area is 125 Å². The molecule has 0 aromatic carbocycles. The van der Waals surface area contributed by atoms with E-state index in [0.29, 0.717) is 17.6 Å². The Kier molecular flexibility index (Phi) is 7.27. The van der Waals surface area contributed by atoms with E-state index < -0.39 is 0 Å². The molecule has 0 saturated carbocycles. The fourth-order valence-electron chi connectivity index (χ4n) is 1.60. The number of hydrogen-bond donors (Lipinski definition) is 3. The van der Waals surface area contributed by atoms with E-state index in [1.807, 2.05) is 12.3 Å². The van der Waals surface area contributed by atoms with Gasteiger partial charge in [0.25, 0.3) is 0 Å². The molecule has 0 aliphatic heterocycles. The largest absolute Gasteiger partial charge is 0.370 e. The lowest BCUT2D eigenvalue weighted by Crippen LogP contribution is -2.43. The molecule has 20 heavy (non-hydrogen) atoms. The molecule has 0 atom stereocenters. The van der Waals surface area contributed by atoms with E-state index in [1.54, 1.807) is 6.08 Å². The van der Waals surface area contributed by atoms with Gasteiger partial charge in [-0.3, -0.25) is 4.98 Å². The molecule has 0 saturated heterocycles. The summed E-state index contributed by atoms with van der Waals surface area (Å²) in [6.45, 7) is 6.86. The lowest BCUT2D eigenvalue weighted by Gasteiger charge is -2.10. The Balaban J connectivity index is 2.22. The number of thiocarbonyl (C=S) groups is 1. The van der Waals surface area contributed by atoms with Crippen LogP contribution in [-0.4, -0.2) is 29.1 Å². The molecule has 6 heteroatoms. The maximum atomic E-state index is 5.63. The zero-order chi connectivity index (χ0) is 14.8. The van der Waals surface area contributed by atoms with Crippen LogP contribution in [0.3, 0.4) is 0 Å². The van der Waals surface area contributed by atoms with Crippen molar-refractivity contribution in [3.8, 4) is 0 Å². The van der Waals surface area contributed by atoms with E-state index in [4.69, 9.17) is 18.0 Å². The van der Waals surface area contributed by atoms with Crippen LogP contribution in [-0.2, 0) is 6.42 Å². The average molecular weight is 291 g/mol. The van der Waals surface area contributed by atoms with Crippen molar-refractivity contribution >= 4 is 23.3 Å². The Morgan fingerprint density at radius 1 is 1.60 bits per heavy atom. The van der Waals surface area contributed by atoms with Gasteiger partial charge in [-0.15, -0.1) is 6.58 Å². The van der Waals surface area contributed by atoms with Crippen molar-refractivity contribution in [3.63, 3.8) is 0 Å². The van der Waals surface area contributed by atoms with Crippen LogP contribution in [0.4, 0.5) is 0 Å². The number of pyridine rings is 1. The summed E-state index contributed by atoms with van der Waals surface area (Å²) in [5.74, 6) is 0.294. The van der Waals surface area contributed by atoms with Crippen LogP contribution < -0.4 is 16.4 Å². The quantitative estimate of drug-likeness (QED) is 0.242. The molecule has 0 aliphatic carbocycles. The Morgan fingerprint density at radius 2 is 2.40 bits per heavy atom. The van der Waals surface area contributed by atoms with E-state index in [2.05, 4.69) is 40.2 Å². The number of aryl methyl sites for hydroxylation is 2. The van der Waals surface area contributed by atoms with Gasteiger partial charge >= 0.3 is 0 Å². The first-order valence-corrected chi connectivity index (χ1v) is 6.90. The number of nitrogens with one attached hydrogen (secondary N) is 2. The molecule has 1 heterocycles. The lowest BCUT2D eigenvalue weighted by molar-refractivity contribution is 0.753. The van der Waals surface area contributed by atoms with Crippen LogP contribution in [0, 0.1) is 6.92 Å². The molecule has 0 spiro atoms. The van der Waals surface area contributed by atoms with Gasteiger partial charge in [0.05, 0.1) is 6.54 Å². The van der Waals surface area contributed by atoms with Crippen molar-refractivity contribution in [2.75, 3.05) is 13.1 Å². The van der Waals surface area contributed by atoms with Crippen LogP contribution >= 0.6 is 12.2 Å². The molecule has 1 aromatic rings. The van der Waals surface area contributed by atoms with Gasteiger partial charge in [-0.1, -0.05) is 12.1 Å². The number of rotatable bonds is 6. The van der Waals surface area contributed by atoms with Crippen molar-refractivity contribution in [2.24, 2.45) is 10.7 Å². The maximum absolute atomic E-state index is 5.63. The van der Waals surface area contributed by atoms with Crippen LogP contribution in [0.1, 0.15) is 17.7 Å². The standard InChI is InChI=1S/C14H21N5S/c1-3-8-17-13(15)19-14(20)18-10-5-7-12-11(2)6-4-9-16-12/h3-4,6,9H,1,5,7-8,10H2,2H3,(H4,15,17,18,19,20). The van der Waals surface area contributed by atoms with E-state index in [-0.39, 0.29) is 0 Å². The van der Waals surface area contributed by atoms with E-state index in [1.165, 1.54) is 5.56 Å². The zero-order valence-corrected chi connectivity index (χ0v) is 12.5. The molecule has 0 radical (unpaired) electrons. The minimum atomic E-state index is 0.294. The first-order chi connectivity index (χ1) is 9.63. The number of guanidine groups is 1. The molecule has 0 fully saturated rings. The van der Waals surface area contributed by atoms with Crippen LogP contribution in [0.2, 0.25) is 0 Å². The number of aromatic nitrogens is 1. The highest BCUT2D eigenvalue weighted by atomic mass is 32.1. The predicted octanol–water partition coefficient (Wildman–Crippen LogP) is 1.29. The monoisotopic (exact) mass is 291 g/mol. The molecule has 5 nitrogen and oxygen atoms in total. The molecule has 0 aliphatic rings. The third-order valence-corrected chi connectivity index (χ3v) is 2.87. The van der Waals surface area contributed by atoms with Gasteiger partial charge in [-0.05, 0) is 43.6 Å². The fraction of sp³-hybridized carbons (Fsp3) is 0.357. The molecular formula is C14H21N5S. The van der Waals surface area contributed by atoms with Gasteiger partial charge in [0, 0.05) is 18.4 Å². The van der Waals surface area contributed by atoms with Crippen LogP contribution in [0.5, 0.6) is 0 Å². The second kappa shape index (κ2) is 9.03. The number of aliphatic imine (C=N–C) groups is 1. The summed E-state index contributed by atoms with van der Waals surface area (Å²) < 4.78 is 0. The molecule has 4 N–H and O–H groups in total. The average Bonchev–Trinajstić information content (AvgIpc) is 2.43. The van der Waals surface area contributed by atoms with Crippen LogP contribution in [0.15, 0.2) is 36.0 Å². The predicted molar refractivity (Wildman–Crippen MR) is 87.7 cm³/mol. The van der Waals surface area contributed by atoms with Crippen molar-refractivity contribution in [1.82, 2.24) is 15.6 Å². The fourth-order valence-corrected chi connectivity index (χ4v) is 1.81. The molecule has 0 amide bonds. The van der Waals surface area contributed by atoms with E-state index in [9.17, 15) is 0 Å². The highest BCUT2D eigenvalue weighted by Gasteiger charge is 2.00. The molecule has 1 aromatic heterocycles. The van der Waals surface area contributed by atoms with Crippen molar-refractivity contribution in [3.05, 3.63) is 42.2 Å². The minimum absolute atomic E-state index is 0.294. The summed E-state index contributed by atoms with van der Waals surface area (Å²) in [7, 11) is 0. The van der Waals surface area contributed by atoms with Crippen molar-refractivity contribution < 1.29 is 0 Å². The van der Waals surface area contributed by atoms with Gasteiger partial charge < -0.3 is 16.4 Å². The Hall–Kier alpha value is -1.95. The van der Waals surface area contributed by atoms with Gasteiger partial charge in [0.1, 0.15) is 0 Å². The second-order valence-electron chi connectivity index (χ2n) is 4.27. The third kappa shape index (κ3) is 6.29. The highest BCUT2D eigenvalue weighted by molar-refractivity contribution is 7.80. The number of nitrogens with two attached hydrogens (primary N) is 1. The zero-order valence-electron chi connectivity index (χ0n) is 11.7. The molecule has 1 rings (SSSR count). The normalized spacial score (nSPS) is 10.9. The van der Waals surface area contributed by atoms with Gasteiger partial charge in [-0.25, -0.2) is 4.99 Å². The van der Waals surface area contributed by atoms with Gasteiger partial charge in [0.15, 0.2) is 11.1 Å². The summed E-state index contributed by atoms with van der Waals surface area (Å²) in [6, 6.07) is 4.01. The molecular weight excluding hydrogens is 270 g/mol. The summed E-state index contributed by atoms with van der Waals surface area (Å²) in [6.07, 6.45) is 5.35. The third-order valence-electron chi connectivity index (χ3n) is 2.63. The first-order valence-electron chi connectivity index (χ1n) is 6.49. The van der Waals surface area contributed by atoms with Crippen molar-refractivity contribution in [1.29, 1.82) is 0 Å². The minimum Gasteiger partial charge on any atom is -0.370 e. The smallest absolute Gasteiger partial charge is 0.195 e. The SMILES string of the molecule is C=CCN=C(N)NC(=S)NCCCc1ncccc1C.